The van der Waals surface area contributed by atoms with Gasteiger partial charge < -0.3 is 15.2 Å². The van der Waals surface area contributed by atoms with Crippen LogP contribution in [-0.2, 0) is 12.1 Å². The lowest BCUT2D eigenvalue weighted by atomic mass is 9.95. The maximum absolute atomic E-state index is 14.0. The molecule has 3 rings (SSSR count). The predicted octanol–water partition coefficient (Wildman–Crippen LogP) is 7.15. The van der Waals surface area contributed by atoms with E-state index in [-0.39, 0.29) is 22.6 Å². The van der Waals surface area contributed by atoms with Gasteiger partial charge in [-0.1, -0.05) is 30.3 Å². The average Bonchev–Trinajstić information content (AvgIpc) is 2.83. The molecule has 0 amide bonds. The lowest BCUT2D eigenvalue weighted by molar-refractivity contribution is -0.289. The molecule has 2 N–H and O–H groups in total. The Morgan fingerprint density at radius 1 is 0.769 bits per heavy atom. The first-order chi connectivity index (χ1) is 17.9. The van der Waals surface area contributed by atoms with Gasteiger partial charge in [0.05, 0.1) is 6.04 Å². The van der Waals surface area contributed by atoms with Crippen LogP contribution in [-0.4, -0.2) is 35.1 Å². The third-order valence-corrected chi connectivity index (χ3v) is 5.28. The van der Waals surface area contributed by atoms with Crippen LogP contribution in [0.25, 0.3) is 0 Å². The summed E-state index contributed by atoms with van der Waals surface area (Å²) in [5, 5.41) is 11.7. The third-order valence-electron chi connectivity index (χ3n) is 5.28. The van der Waals surface area contributed by atoms with Crippen LogP contribution in [0.3, 0.4) is 0 Å². The second kappa shape index (κ2) is 11.0. The summed E-state index contributed by atoms with van der Waals surface area (Å²) < 4.78 is 149. The fraction of sp³-hybridized carbons (Fsp3) is 0.292. The van der Waals surface area contributed by atoms with Crippen molar-refractivity contribution in [2.75, 3.05) is 6.54 Å². The Bertz CT molecular complexity index is 1270. The van der Waals surface area contributed by atoms with Crippen LogP contribution in [0.4, 0.5) is 48.3 Å². The predicted molar refractivity (Wildman–Crippen MR) is 114 cm³/mol. The lowest BCUT2D eigenvalue weighted by Gasteiger charge is -2.25. The zero-order valence-electron chi connectivity index (χ0n) is 19.2. The fourth-order valence-corrected chi connectivity index (χ4v) is 3.37. The van der Waals surface area contributed by atoms with Crippen LogP contribution in [0.5, 0.6) is 11.5 Å². The molecule has 0 radical (unpaired) electrons. The van der Waals surface area contributed by atoms with Gasteiger partial charge in [0.2, 0.25) is 0 Å². The minimum absolute atomic E-state index is 0.0283. The van der Waals surface area contributed by atoms with E-state index in [1.165, 1.54) is 18.2 Å². The van der Waals surface area contributed by atoms with Crippen molar-refractivity contribution in [2.24, 2.45) is 0 Å². The van der Waals surface area contributed by atoms with Crippen molar-refractivity contribution in [3.05, 3.63) is 89.2 Å². The number of aliphatic hydroxyl groups is 1. The van der Waals surface area contributed by atoms with Crippen LogP contribution in [0.1, 0.15) is 28.4 Å². The molecular weight excluding hydrogens is 557 g/mol. The Morgan fingerprint density at radius 2 is 1.36 bits per heavy atom. The monoisotopic (exact) mass is 574 g/mol. The molecule has 3 aromatic rings. The zero-order chi connectivity index (χ0) is 29.2. The van der Waals surface area contributed by atoms with Crippen molar-refractivity contribution in [1.29, 1.82) is 0 Å². The smallest absolute Gasteiger partial charge is 0.457 e. The summed E-state index contributed by atoms with van der Waals surface area (Å²) in [6.07, 6.45) is -17.9. The van der Waals surface area contributed by atoms with Gasteiger partial charge in [0.1, 0.15) is 17.2 Å². The Hall–Kier alpha value is -3.46. The van der Waals surface area contributed by atoms with E-state index in [9.17, 15) is 53.4 Å². The van der Waals surface area contributed by atoms with E-state index in [0.717, 1.165) is 30.5 Å². The third kappa shape index (κ3) is 7.35. The molecule has 212 valence electrons. The van der Waals surface area contributed by atoms with E-state index >= 15 is 0 Å². The molecule has 4 nitrogen and oxygen atoms in total. The van der Waals surface area contributed by atoms with Crippen LogP contribution >= 0.6 is 0 Å². The van der Waals surface area contributed by atoms with Gasteiger partial charge in [-0.2, -0.15) is 48.3 Å². The van der Waals surface area contributed by atoms with Crippen molar-refractivity contribution >= 4 is 0 Å². The molecule has 0 aliphatic rings. The molecule has 2 aromatic carbocycles. The molecule has 0 aliphatic carbocycles. The number of halogens is 11. The summed E-state index contributed by atoms with van der Waals surface area (Å²) in [7, 11) is 0. The first kappa shape index (κ1) is 30.1. The van der Waals surface area contributed by atoms with Gasteiger partial charge in [-0.05, 0) is 35.4 Å². The molecule has 2 atom stereocenters. The number of aromatic nitrogens is 1. The maximum Gasteiger partial charge on any atom is 0.458 e. The number of ether oxygens (including phenoxy) is 1. The van der Waals surface area contributed by atoms with Crippen molar-refractivity contribution in [2.45, 2.75) is 36.6 Å². The van der Waals surface area contributed by atoms with Gasteiger partial charge >= 0.3 is 24.5 Å². The van der Waals surface area contributed by atoms with E-state index < -0.39 is 54.4 Å². The number of pyridine rings is 1. The molecule has 0 unspecified atom stereocenters. The number of alkyl halides is 11. The van der Waals surface area contributed by atoms with Crippen LogP contribution in [0.15, 0.2) is 66.9 Å². The number of nitrogens with one attached hydrogen (secondary N) is 1. The average molecular weight is 574 g/mol. The molecular formula is C24H17F11N2O2. The van der Waals surface area contributed by atoms with Crippen molar-refractivity contribution in [3.63, 3.8) is 0 Å². The summed E-state index contributed by atoms with van der Waals surface area (Å²) in [4.78, 5) is 3.17. The number of aliphatic hydroxyl groups excluding tert-OH is 1. The highest BCUT2D eigenvalue weighted by atomic mass is 19.4. The van der Waals surface area contributed by atoms with Crippen LogP contribution < -0.4 is 10.1 Å². The second-order valence-corrected chi connectivity index (χ2v) is 8.15. The van der Waals surface area contributed by atoms with Crippen LogP contribution in [0, 0.1) is 0 Å². The quantitative estimate of drug-likeness (QED) is 0.281. The second-order valence-electron chi connectivity index (χ2n) is 8.15. The summed E-state index contributed by atoms with van der Waals surface area (Å²) in [6, 6.07) is 7.91. The molecule has 0 aliphatic heterocycles. The summed E-state index contributed by atoms with van der Waals surface area (Å²) in [5.41, 5.74) is -3.12. The molecule has 1 heterocycles. The Morgan fingerprint density at radius 3 is 1.95 bits per heavy atom. The van der Waals surface area contributed by atoms with E-state index in [1.807, 2.05) is 0 Å². The first-order valence-corrected chi connectivity index (χ1v) is 10.7. The number of nitrogens with zero attached hydrogens (tertiary/aromatic N) is 1. The summed E-state index contributed by atoms with van der Waals surface area (Å²) >= 11 is 0. The highest BCUT2D eigenvalue weighted by Crippen LogP contribution is 2.44. The largest absolute Gasteiger partial charge is 0.458 e. The molecule has 0 fully saturated rings. The van der Waals surface area contributed by atoms with Gasteiger partial charge in [0.15, 0.2) is 6.10 Å². The van der Waals surface area contributed by atoms with E-state index in [1.54, 1.807) is 0 Å². The number of hydrogen-bond donors (Lipinski definition) is 2. The molecule has 1 aromatic heterocycles. The normalized spacial score (nSPS) is 14.7. The standard InChI is InChI=1S/C24H17F11N2O2/c25-21(26,24(33,34)35)15-5-1-3-13(9-15)20(37-12-19(38)23(30,31)32)14-4-2-6-16(10-14)39-17-7-8-36-18(11-17)22(27,28)29/h1-11,19-20,37-38H,12H2/t19-,20-/m1/s1. The maximum atomic E-state index is 14.0. The minimum Gasteiger partial charge on any atom is -0.457 e. The number of hydrogen-bond acceptors (Lipinski definition) is 4. The van der Waals surface area contributed by atoms with E-state index in [0.29, 0.717) is 18.2 Å². The Labute approximate surface area is 213 Å². The molecule has 0 bridgehead atoms. The molecule has 0 spiro atoms. The minimum atomic E-state index is -5.96. The van der Waals surface area contributed by atoms with Gasteiger partial charge in [0, 0.05) is 24.4 Å². The summed E-state index contributed by atoms with van der Waals surface area (Å²) in [5.74, 6) is -5.76. The van der Waals surface area contributed by atoms with E-state index in [2.05, 4.69) is 10.3 Å². The Kier molecular flexibility index (Phi) is 8.46. The Balaban J connectivity index is 2.01. The van der Waals surface area contributed by atoms with Gasteiger partial charge in [-0.25, -0.2) is 0 Å². The first-order valence-electron chi connectivity index (χ1n) is 10.7. The topological polar surface area (TPSA) is 54.4 Å². The number of rotatable bonds is 8. The van der Waals surface area contributed by atoms with E-state index in [4.69, 9.17) is 4.74 Å². The summed E-state index contributed by atoms with van der Waals surface area (Å²) in [6.45, 7) is -1.18. The highest BCUT2D eigenvalue weighted by Gasteiger charge is 2.58. The molecule has 39 heavy (non-hydrogen) atoms. The van der Waals surface area contributed by atoms with Crippen molar-refractivity contribution in [1.82, 2.24) is 10.3 Å². The molecule has 15 heteroatoms. The molecule has 0 saturated heterocycles. The van der Waals surface area contributed by atoms with Gasteiger partial charge in [0.25, 0.3) is 0 Å². The SMILES string of the molecule is O[C@H](CN[C@@H](c1cccc(Oc2ccnc(C(F)(F)F)c2)c1)c1cccc(C(F)(F)C(F)(F)F)c1)C(F)(F)F. The number of benzene rings is 2. The zero-order valence-corrected chi connectivity index (χ0v) is 19.2. The van der Waals surface area contributed by atoms with Crippen LogP contribution in [0.2, 0.25) is 0 Å². The van der Waals surface area contributed by atoms with Crippen molar-refractivity contribution < 1.29 is 58.1 Å². The highest BCUT2D eigenvalue weighted by molar-refractivity contribution is 5.41. The lowest BCUT2D eigenvalue weighted by Crippen LogP contribution is -2.40. The fourth-order valence-electron chi connectivity index (χ4n) is 3.37. The molecule has 0 saturated carbocycles. The van der Waals surface area contributed by atoms with Gasteiger partial charge in [-0.3, -0.25) is 4.98 Å². The van der Waals surface area contributed by atoms with Gasteiger partial charge in [-0.15, -0.1) is 0 Å². The van der Waals surface area contributed by atoms with Crippen molar-refractivity contribution in [3.8, 4) is 11.5 Å².